The van der Waals surface area contributed by atoms with Crippen LogP contribution in [0.4, 0.5) is 10.5 Å². The number of rotatable bonds is 6. The molecule has 0 atom stereocenters. The van der Waals surface area contributed by atoms with E-state index in [4.69, 9.17) is 13.9 Å². The first-order chi connectivity index (χ1) is 13.5. The minimum absolute atomic E-state index is 0.103. The fraction of sp³-hybridized carbons (Fsp3) is 0.158. The highest BCUT2D eigenvalue weighted by Crippen LogP contribution is 2.22. The molecule has 0 aliphatic heterocycles. The van der Waals surface area contributed by atoms with E-state index in [1.165, 1.54) is 29.5 Å². The van der Waals surface area contributed by atoms with E-state index in [2.05, 4.69) is 10.3 Å². The number of thiazole rings is 1. The van der Waals surface area contributed by atoms with Crippen molar-refractivity contribution in [2.75, 3.05) is 11.9 Å². The van der Waals surface area contributed by atoms with Gasteiger partial charge in [-0.3, -0.25) is 5.32 Å². The highest BCUT2D eigenvalue weighted by Gasteiger charge is 2.10. The summed E-state index contributed by atoms with van der Waals surface area (Å²) in [5, 5.41) is 5.60. The molecule has 0 radical (unpaired) electrons. The molecular formula is C19H16N2O6S. The molecule has 0 fully saturated rings. The van der Waals surface area contributed by atoms with Crippen LogP contribution in [0.5, 0.6) is 0 Å². The Balaban J connectivity index is 1.74. The average molecular weight is 400 g/mol. The van der Waals surface area contributed by atoms with Crippen molar-refractivity contribution in [1.82, 2.24) is 4.98 Å². The molecule has 0 saturated carbocycles. The van der Waals surface area contributed by atoms with Crippen molar-refractivity contribution in [3.8, 4) is 0 Å². The van der Waals surface area contributed by atoms with E-state index in [0.29, 0.717) is 21.6 Å². The number of nitrogens with zero attached hydrogens (tertiary/aromatic N) is 1. The smallest absolute Gasteiger partial charge is 0.411 e. The van der Waals surface area contributed by atoms with Crippen LogP contribution in [-0.2, 0) is 20.9 Å². The molecule has 2 aromatic heterocycles. The summed E-state index contributed by atoms with van der Waals surface area (Å²) in [5.74, 6) is -0.558. The van der Waals surface area contributed by atoms with Crippen LogP contribution in [-0.4, -0.2) is 23.7 Å². The lowest BCUT2D eigenvalue weighted by atomic mass is 10.1. The SMILES string of the molecule is CCOC(=O)Nc1ccc2c(COC(=O)C=Cc3nccs3)cc(=O)oc2c1. The number of aromatic nitrogens is 1. The third-order valence-corrected chi connectivity index (χ3v) is 4.28. The Morgan fingerprint density at radius 3 is 2.89 bits per heavy atom. The Labute approximate surface area is 163 Å². The number of nitrogens with one attached hydrogen (secondary N) is 1. The lowest BCUT2D eigenvalue weighted by molar-refractivity contribution is -0.138. The van der Waals surface area contributed by atoms with Gasteiger partial charge in [-0.15, -0.1) is 11.3 Å². The standard InChI is InChI=1S/C19H16N2O6S/c1-2-25-19(24)21-13-3-4-14-12(9-18(23)27-15(14)10-13)11-26-17(22)6-5-16-20-7-8-28-16/h3-10H,2,11H2,1H3,(H,21,24). The number of hydrogen-bond donors (Lipinski definition) is 1. The Morgan fingerprint density at radius 1 is 1.29 bits per heavy atom. The van der Waals surface area contributed by atoms with Crippen molar-refractivity contribution < 1.29 is 23.5 Å². The molecule has 8 nitrogen and oxygen atoms in total. The Kier molecular flexibility index (Phi) is 6.18. The largest absolute Gasteiger partial charge is 0.458 e. The van der Waals surface area contributed by atoms with Crippen LogP contribution in [0.2, 0.25) is 0 Å². The fourth-order valence-corrected chi connectivity index (χ4v) is 2.89. The molecule has 144 valence electrons. The molecule has 0 unspecified atom stereocenters. The van der Waals surface area contributed by atoms with Crippen LogP contribution >= 0.6 is 11.3 Å². The van der Waals surface area contributed by atoms with E-state index < -0.39 is 17.7 Å². The maximum Gasteiger partial charge on any atom is 0.411 e. The lowest BCUT2D eigenvalue weighted by Gasteiger charge is -2.08. The Morgan fingerprint density at radius 2 is 2.14 bits per heavy atom. The van der Waals surface area contributed by atoms with Crippen LogP contribution in [0.15, 0.2) is 51.1 Å². The number of carbonyl (C=O) groups excluding carboxylic acids is 2. The molecule has 1 aromatic carbocycles. The quantitative estimate of drug-likeness (QED) is 0.383. The zero-order valence-electron chi connectivity index (χ0n) is 14.8. The van der Waals surface area contributed by atoms with Crippen molar-refractivity contribution in [1.29, 1.82) is 0 Å². The van der Waals surface area contributed by atoms with Crippen LogP contribution in [0, 0.1) is 0 Å². The van der Waals surface area contributed by atoms with Gasteiger partial charge < -0.3 is 13.9 Å². The molecule has 3 rings (SSSR count). The molecular weight excluding hydrogens is 384 g/mol. The Bertz CT molecular complexity index is 1070. The summed E-state index contributed by atoms with van der Waals surface area (Å²) in [5.41, 5.74) is 0.566. The molecule has 0 aliphatic rings. The zero-order valence-corrected chi connectivity index (χ0v) is 15.7. The summed E-state index contributed by atoms with van der Waals surface area (Å²) in [6, 6.07) is 6.06. The second kappa shape index (κ2) is 8.96. The number of hydrogen-bond acceptors (Lipinski definition) is 8. The number of benzene rings is 1. The summed E-state index contributed by atoms with van der Waals surface area (Å²) in [4.78, 5) is 39.2. The molecule has 9 heteroatoms. The molecule has 1 amide bonds. The van der Waals surface area contributed by atoms with Gasteiger partial charge in [0.25, 0.3) is 0 Å². The van der Waals surface area contributed by atoms with Crippen molar-refractivity contribution in [2.45, 2.75) is 13.5 Å². The summed E-state index contributed by atoms with van der Waals surface area (Å²) in [6.07, 6.45) is 3.85. The number of amides is 1. The van der Waals surface area contributed by atoms with Gasteiger partial charge in [0.05, 0.1) is 6.61 Å². The topological polar surface area (TPSA) is 108 Å². The summed E-state index contributed by atoms with van der Waals surface area (Å²) in [7, 11) is 0. The van der Waals surface area contributed by atoms with Gasteiger partial charge in [0, 0.05) is 46.4 Å². The van der Waals surface area contributed by atoms with Gasteiger partial charge in [-0.2, -0.15) is 0 Å². The number of fused-ring (bicyclic) bond motifs is 1. The highest BCUT2D eigenvalue weighted by molar-refractivity contribution is 7.10. The van der Waals surface area contributed by atoms with Gasteiger partial charge in [0.15, 0.2) is 0 Å². The van der Waals surface area contributed by atoms with Crippen molar-refractivity contribution >= 4 is 46.1 Å². The maximum absolute atomic E-state index is 11.9. The molecule has 0 saturated heterocycles. The summed E-state index contributed by atoms with van der Waals surface area (Å²) >= 11 is 1.39. The van der Waals surface area contributed by atoms with Crippen molar-refractivity contribution in [3.63, 3.8) is 0 Å². The summed E-state index contributed by atoms with van der Waals surface area (Å²) in [6.45, 7) is 1.83. The third kappa shape index (κ3) is 5.04. The first-order valence-electron chi connectivity index (χ1n) is 8.30. The highest BCUT2D eigenvalue weighted by atomic mass is 32.1. The number of esters is 1. The fourth-order valence-electron chi connectivity index (χ4n) is 2.37. The zero-order chi connectivity index (χ0) is 19.9. The van der Waals surface area contributed by atoms with Gasteiger partial charge in [-0.1, -0.05) is 0 Å². The summed E-state index contributed by atoms with van der Waals surface area (Å²) < 4.78 is 15.2. The average Bonchev–Trinajstić information content (AvgIpc) is 3.18. The van der Waals surface area contributed by atoms with E-state index in [1.54, 1.807) is 36.7 Å². The first-order valence-corrected chi connectivity index (χ1v) is 9.18. The monoisotopic (exact) mass is 400 g/mol. The van der Waals surface area contributed by atoms with Gasteiger partial charge in [0.1, 0.15) is 17.2 Å². The van der Waals surface area contributed by atoms with Crippen molar-refractivity contribution in [3.05, 3.63) is 62.9 Å². The molecule has 0 spiro atoms. The normalized spacial score (nSPS) is 10.9. The molecule has 0 bridgehead atoms. The van der Waals surface area contributed by atoms with Crippen LogP contribution in [0.25, 0.3) is 17.0 Å². The molecule has 28 heavy (non-hydrogen) atoms. The predicted octanol–water partition coefficient (Wildman–Crippen LogP) is 3.57. The van der Waals surface area contributed by atoms with Crippen LogP contribution in [0.1, 0.15) is 17.5 Å². The van der Waals surface area contributed by atoms with E-state index in [-0.39, 0.29) is 18.8 Å². The van der Waals surface area contributed by atoms with Gasteiger partial charge in [-0.25, -0.2) is 19.4 Å². The van der Waals surface area contributed by atoms with E-state index >= 15 is 0 Å². The third-order valence-electron chi connectivity index (χ3n) is 3.54. The second-order valence-corrected chi connectivity index (χ2v) is 6.38. The minimum Gasteiger partial charge on any atom is -0.458 e. The van der Waals surface area contributed by atoms with Gasteiger partial charge in [-0.05, 0) is 25.1 Å². The second-order valence-electron chi connectivity index (χ2n) is 5.46. The van der Waals surface area contributed by atoms with E-state index in [9.17, 15) is 14.4 Å². The predicted molar refractivity (Wildman–Crippen MR) is 104 cm³/mol. The van der Waals surface area contributed by atoms with Gasteiger partial charge in [0.2, 0.25) is 0 Å². The first kappa shape index (κ1) is 19.3. The molecule has 0 aliphatic carbocycles. The molecule has 3 aromatic rings. The van der Waals surface area contributed by atoms with E-state index in [1.807, 2.05) is 0 Å². The van der Waals surface area contributed by atoms with Gasteiger partial charge >= 0.3 is 17.7 Å². The maximum atomic E-state index is 11.9. The number of anilines is 1. The van der Waals surface area contributed by atoms with Crippen molar-refractivity contribution in [2.24, 2.45) is 0 Å². The minimum atomic E-state index is -0.610. The molecule has 2 heterocycles. The lowest BCUT2D eigenvalue weighted by Crippen LogP contribution is -2.13. The van der Waals surface area contributed by atoms with E-state index in [0.717, 1.165) is 0 Å². The Hall–Kier alpha value is -3.46. The van der Waals surface area contributed by atoms with Crippen LogP contribution in [0.3, 0.4) is 0 Å². The number of ether oxygens (including phenoxy) is 2. The van der Waals surface area contributed by atoms with Crippen LogP contribution < -0.4 is 10.9 Å². The molecule has 1 N–H and O–H groups in total. The number of carbonyl (C=O) groups is 2.